The van der Waals surface area contributed by atoms with Gasteiger partial charge in [-0.15, -0.1) is 6.58 Å². The summed E-state index contributed by atoms with van der Waals surface area (Å²) in [5.74, 6) is 0.116. The van der Waals surface area contributed by atoms with E-state index in [4.69, 9.17) is 9.47 Å². The number of carbonyl (C=O) groups excluding carboxylic acids is 1. The van der Waals surface area contributed by atoms with Gasteiger partial charge >= 0.3 is 0 Å². The minimum Gasteiger partial charge on any atom is -0.383 e. The summed E-state index contributed by atoms with van der Waals surface area (Å²) in [4.78, 5) is 13.8. The predicted molar refractivity (Wildman–Crippen MR) is 65.9 cm³/mol. The van der Waals surface area contributed by atoms with E-state index in [0.29, 0.717) is 32.7 Å². The van der Waals surface area contributed by atoms with Gasteiger partial charge in [-0.2, -0.15) is 0 Å². The highest BCUT2D eigenvalue weighted by atomic mass is 16.5. The van der Waals surface area contributed by atoms with Crippen LogP contribution < -0.4 is 5.32 Å². The van der Waals surface area contributed by atoms with Crippen LogP contribution in [0.3, 0.4) is 0 Å². The van der Waals surface area contributed by atoms with Crippen LogP contribution in [0.25, 0.3) is 0 Å². The van der Waals surface area contributed by atoms with Crippen molar-refractivity contribution in [1.29, 1.82) is 0 Å². The van der Waals surface area contributed by atoms with Crippen molar-refractivity contribution in [3.05, 3.63) is 12.7 Å². The summed E-state index contributed by atoms with van der Waals surface area (Å²) in [6.45, 7) is 7.54. The lowest BCUT2D eigenvalue weighted by Crippen LogP contribution is -2.45. The smallest absolute Gasteiger partial charge is 0.224 e. The van der Waals surface area contributed by atoms with Gasteiger partial charge in [-0.05, 0) is 0 Å². The van der Waals surface area contributed by atoms with Gasteiger partial charge in [-0.3, -0.25) is 4.79 Å². The number of rotatable bonds is 7. The maximum Gasteiger partial charge on any atom is 0.224 e. The average Bonchev–Trinajstić information content (AvgIpc) is 2.35. The minimum absolute atomic E-state index is 0.116. The molecule has 1 aliphatic heterocycles. The predicted octanol–water partition coefficient (Wildman–Crippen LogP) is 0.0259. The maximum atomic E-state index is 12.0. The summed E-state index contributed by atoms with van der Waals surface area (Å²) in [5, 5.41) is 3.27. The number of amides is 1. The van der Waals surface area contributed by atoms with Gasteiger partial charge in [0.2, 0.25) is 5.91 Å². The highest BCUT2D eigenvalue weighted by molar-refractivity contribution is 5.77. The summed E-state index contributed by atoms with van der Waals surface area (Å²) in [6, 6.07) is 0.131. The van der Waals surface area contributed by atoms with E-state index >= 15 is 0 Å². The second-order valence-corrected chi connectivity index (χ2v) is 4.05. The van der Waals surface area contributed by atoms with Crippen LogP contribution in [0, 0.1) is 0 Å². The molecule has 1 rings (SSSR count). The van der Waals surface area contributed by atoms with Crippen LogP contribution in [-0.2, 0) is 14.3 Å². The molecule has 1 unspecified atom stereocenters. The number of nitrogens with one attached hydrogen (secondary N) is 1. The summed E-state index contributed by atoms with van der Waals surface area (Å²) < 4.78 is 10.3. The number of hydrogen-bond acceptors (Lipinski definition) is 4. The summed E-state index contributed by atoms with van der Waals surface area (Å²) >= 11 is 0. The molecule has 1 amide bonds. The summed E-state index contributed by atoms with van der Waals surface area (Å²) in [6.07, 6.45) is 2.20. The van der Waals surface area contributed by atoms with Crippen molar-refractivity contribution in [2.45, 2.75) is 12.5 Å². The van der Waals surface area contributed by atoms with Crippen molar-refractivity contribution in [2.24, 2.45) is 0 Å². The Kier molecular flexibility index (Phi) is 6.84. The van der Waals surface area contributed by atoms with Crippen molar-refractivity contribution in [3.63, 3.8) is 0 Å². The van der Waals surface area contributed by atoms with E-state index in [1.807, 2.05) is 0 Å². The Bertz CT molecular complexity index is 240. The van der Waals surface area contributed by atoms with Gasteiger partial charge in [0.05, 0.1) is 19.8 Å². The van der Waals surface area contributed by atoms with Gasteiger partial charge in [0, 0.05) is 39.2 Å². The fraction of sp³-hybridized carbons (Fsp3) is 0.750. The van der Waals surface area contributed by atoms with Crippen LogP contribution >= 0.6 is 0 Å². The molecule has 1 heterocycles. The lowest BCUT2D eigenvalue weighted by molar-refractivity contribution is -0.132. The van der Waals surface area contributed by atoms with Crippen LogP contribution in [-0.4, -0.2) is 63.4 Å². The standard InChI is InChI=1S/C12H22N2O3/c1-3-5-14(6-8-16-2)12(15)9-11-10-17-7-4-13-11/h3,11,13H,1,4-10H2,2H3. The lowest BCUT2D eigenvalue weighted by Gasteiger charge is -2.27. The second kappa shape index (κ2) is 8.22. The summed E-state index contributed by atoms with van der Waals surface area (Å²) in [5.41, 5.74) is 0. The number of ether oxygens (including phenoxy) is 2. The van der Waals surface area contributed by atoms with Gasteiger partial charge in [0.25, 0.3) is 0 Å². The first-order valence-corrected chi connectivity index (χ1v) is 5.96. The van der Waals surface area contributed by atoms with Crippen LogP contribution in [0.15, 0.2) is 12.7 Å². The van der Waals surface area contributed by atoms with Gasteiger partial charge in [-0.25, -0.2) is 0 Å². The Morgan fingerprint density at radius 1 is 1.71 bits per heavy atom. The number of methoxy groups -OCH3 is 1. The van der Waals surface area contributed by atoms with Gasteiger partial charge in [-0.1, -0.05) is 6.08 Å². The Hall–Kier alpha value is -0.910. The second-order valence-electron chi connectivity index (χ2n) is 4.05. The molecule has 0 aromatic carbocycles. The molecule has 5 nitrogen and oxygen atoms in total. The van der Waals surface area contributed by atoms with Crippen LogP contribution in [0.1, 0.15) is 6.42 Å². The molecule has 0 aromatic rings. The van der Waals surface area contributed by atoms with Crippen molar-refractivity contribution in [2.75, 3.05) is 46.6 Å². The highest BCUT2D eigenvalue weighted by Gasteiger charge is 2.20. The van der Waals surface area contributed by atoms with E-state index in [2.05, 4.69) is 11.9 Å². The number of nitrogens with zero attached hydrogens (tertiary/aromatic N) is 1. The molecular weight excluding hydrogens is 220 g/mol. The fourth-order valence-electron chi connectivity index (χ4n) is 1.77. The minimum atomic E-state index is 0.116. The monoisotopic (exact) mass is 242 g/mol. The molecule has 0 spiro atoms. The first-order chi connectivity index (χ1) is 8.27. The van der Waals surface area contributed by atoms with E-state index in [-0.39, 0.29) is 11.9 Å². The molecule has 1 saturated heterocycles. The zero-order valence-corrected chi connectivity index (χ0v) is 10.5. The van der Waals surface area contributed by atoms with E-state index in [0.717, 1.165) is 13.2 Å². The topological polar surface area (TPSA) is 50.8 Å². The molecule has 0 radical (unpaired) electrons. The van der Waals surface area contributed by atoms with Crippen molar-refractivity contribution >= 4 is 5.91 Å². The van der Waals surface area contributed by atoms with E-state index in [9.17, 15) is 4.79 Å². The molecule has 0 saturated carbocycles. The zero-order chi connectivity index (χ0) is 12.5. The molecule has 0 bridgehead atoms. The summed E-state index contributed by atoms with van der Waals surface area (Å²) in [7, 11) is 1.63. The van der Waals surface area contributed by atoms with Gasteiger partial charge in [0.15, 0.2) is 0 Å². The third kappa shape index (κ3) is 5.30. The van der Waals surface area contributed by atoms with Crippen molar-refractivity contribution in [1.82, 2.24) is 10.2 Å². The zero-order valence-electron chi connectivity index (χ0n) is 10.5. The highest BCUT2D eigenvalue weighted by Crippen LogP contribution is 2.03. The SMILES string of the molecule is C=CCN(CCOC)C(=O)CC1COCCN1. The quantitative estimate of drug-likeness (QED) is 0.640. The molecular formula is C12H22N2O3. The Morgan fingerprint density at radius 2 is 2.53 bits per heavy atom. The average molecular weight is 242 g/mol. The Labute approximate surface area is 103 Å². The van der Waals surface area contributed by atoms with E-state index in [1.165, 1.54) is 0 Å². The molecule has 17 heavy (non-hydrogen) atoms. The third-order valence-electron chi connectivity index (χ3n) is 2.69. The third-order valence-corrected chi connectivity index (χ3v) is 2.69. The molecule has 1 N–H and O–H groups in total. The van der Waals surface area contributed by atoms with Crippen LogP contribution in [0.5, 0.6) is 0 Å². The van der Waals surface area contributed by atoms with Crippen molar-refractivity contribution < 1.29 is 14.3 Å². The number of hydrogen-bond donors (Lipinski definition) is 1. The molecule has 1 atom stereocenters. The Balaban J connectivity index is 2.36. The molecule has 5 heteroatoms. The number of morpholine rings is 1. The number of carbonyl (C=O) groups is 1. The first kappa shape index (κ1) is 14.2. The lowest BCUT2D eigenvalue weighted by atomic mass is 10.2. The van der Waals surface area contributed by atoms with Crippen molar-refractivity contribution in [3.8, 4) is 0 Å². The Morgan fingerprint density at radius 3 is 3.12 bits per heavy atom. The largest absolute Gasteiger partial charge is 0.383 e. The maximum absolute atomic E-state index is 12.0. The van der Waals surface area contributed by atoms with Gasteiger partial charge < -0.3 is 19.7 Å². The van der Waals surface area contributed by atoms with E-state index in [1.54, 1.807) is 18.1 Å². The van der Waals surface area contributed by atoms with Crippen LogP contribution in [0.2, 0.25) is 0 Å². The fourth-order valence-corrected chi connectivity index (χ4v) is 1.77. The van der Waals surface area contributed by atoms with E-state index < -0.39 is 0 Å². The molecule has 98 valence electrons. The van der Waals surface area contributed by atoms with Crippen LogP contribution in [0.4, 0.5) is 0 Å². The molecule has 0 aliphatic carbocycles. The normalized spacial score (nSPS) is 19.9. The molecule has 1 fully saturated rings. The molecule has 0 aromatic heterocycles. The first-order valence-electron chi connectivity index (χ1n) is 5.96. The molecule has 1 aliphatic rings. The van der Waals surface area contributed by atoms with Gasteiger partial charge in [0.1, 0.15) is 0 Å².